The summed E-state index contributed by atoms with van der Waals surface area (Å²) < 4.78 is 45.4. The topological polar surface area (TPSA) is 80.2 Å². The van der Waals surface area contributed by atoms with Crippen LogP contribution in [0, 0.1) is 5.82 Å². The molecule has 0 saturated carbocycles. The van der Waals surface area contributed by atoms with Crippen LogP contribution >= 0.6 is 0 Å². The summed E-state index contributed by atoms with van der Waals surface area (Å²) in [6.07, 6.45) is 0. The highest BCUT2D eigenvalue weighted by molar-refractivity contribution is 7.89. The Kier molecular flexibility index (Phi) is 6.51. The van der Waals surface area contributed by atoms with E-state index in [0.29, 0.717) is 24.5 Å². The standard InChI is InChI=1S/C20H24FN3O4S/c1-15(20(25)22-18-8-3-4-9-19(18)28-2)23-10-12-24(13-11-23)29(26,27)17-7-5-6-16(21)14-17/h3-9,14-15H,10-13H2,1-2H3,(H,22,25)/p+1/t15-/m1/s1. The van der Waals surface area contributed by atoms with E-state index in [1.54, 1.807) is 12.1 Å². The fourth-order valence-corrected chi connectivity index (χ4v) is 4.87. The first kappa shape index (κ1) is 21.2. The average Bonchev–Trinajstić information content (AvgIpc) is 2.73. The van der Waals surface area contributed by atoms with Crippen LogP contribution in [0.25, 0.3) is 0 Å². The van der Waals surface area contributed by atoms with Crippen molar-refractivity contribution >= 4 is 21.6 Å². The van der Waals surface area contributed by atoms with Gasteiger partial charge in [0.2, 0.25) is 10.0 Å². The van der Waals surface area contributed by atoms with Crippen molar-refractivity contribution < 1.29 is 27.2 Å². The van der Waals surface area contributed by atoms with E-state index >= 15 is 0 Å². The molecule has 7 nitrogen and oxygen atoms in total. The van der Waals surface area contributed by atoms with Crippen LogP contribution in [0.3, 0.4) is 0 Å². The van der Waals surface area contributed by atoms with Crippen LogP contribution in [-0.2, 0) is 14.8 Å². The van der Waals surface area contributed by atoms with Crippen molar-refractivity contribution in [2.45, 2.75) is 17.9 Å². The number of hydrogen-bond acceptors (Lipinski definition) is 4. The Morgan fingerprint density at radius 1 is 1.17 bits per heavy atom. The van der Waals surface area contributed by atoms with Gasteiger partial charge in [0.15, 0.2) is 6.04 Å². The van der Waals surface area contributed by atoms with Gasteiger partial charge in [-0.1, -0.05) is 18.2 Å². The molecule has 0 aromatic heterocycles. The number of sulfonamides is 1. The summed E-state index contributed by atoms with van der Waals surface area (Å²) in [6, 6.07) is 11.8. The molecule has 0 spiro atoms. The minimum Gasteiger partial charge on any atom is -0.495 e. The van der Waals surface area contributed by atoms with Gasteiger partial charge in [0, 0.05) is 0 Å². The van der Waals surface area contributed by atoms with Gasteiger partial charge < -0.3 is 15.0 Å². The highest BCUT2D eigenvalue weighted by Crippen LogP contribution is 2.23. The molecule has 1 heterocycles. The van der Waals surface area contributed by atoms with Gasteiger partial charge in [0.1, 0.15) is 11.6 Å². The molecule has 9 heteroatoms. The lowest BCUT2D eigenvalue weighted by Crippen LogP contribution is -3.19. The maximum atomic E-state index is 13.4. The molecule has 1 atom stereocenters. The van der Waals surface area contributed by atoms with Crippen LogP contribution in [-0.4, -0.2) is 58.0 Å². The number of amides is 1. The monoisotopic (exact) mass is 422 g/mol. The summed E-state index contributed by atoms with van der Waals surface area (Å²) >= 11 is 0. The summed E-state index contributed by atoms with van der Waals surface area (Å²) in [7, 11) is -2.21. The fraction of sp³-hybridized carbons (Fsp3) is 0.350. The van der Waals surface area contributed by atoms with Crippen molar-refractivity contribution in [3.8, 4) is 5.75 Å². The number of anilines is 1. The third-order valence-electron chi connectivity index (χ3n) is 5.17. The van der Waals surface area contributed by atoms with E-state index < -0.39 is 15.8 Å². The maximum Gasteiger partial charge on any atom is 0.282 e. The number of nitrogens with zero attached hydrogens (tertiary/aromatic N) is 1. The van der Waals surface area contributed by atoms with E-state index in [4.69, 9.17) is 4.74 Å². The Hall–Kier alpha value is -2.49. The van der Waals surface area contributed by atoms with Gasteiger partial charge in [-0.25, -0.2) is 12.8 Å². The normalized spacial score (nSPS) is 16.9. The number of hydrogen-bond donors (Lipinski definition) is 2. The molecule has 0 bridgehead atoms. The van der Waals surface area contributed by atoms with Crippen LogP contribution in [0.1, 0.15) is 6.92 Å². The molecule has 2 N–H and O–H groups in total. The second kappa shape index (κ2) is 8.89. The van der Waals surface area contributed by atoms with Crippen LogP contribution in [0.15, 0.2) is 53.4 Å². The molecular weight excluding hydrogens is 397 g/mol. The molecule has 0 radical (unpaired) electrons. The third-order valence-corrected chi connectivity index (χ3v) is 7.06. The van der Waals surface area contributed by atoms with Crippen LogP contribution in [0.4, 0.5) is 10.1 Å². The molecule has 3 rings (SSSR count). The number of benzene rings is 2. The maximum absolute atomic E-state index is 13.4. The van der Waals surface area contributed by atoms with E-state index in [-0.39, 0.29) is 29.9 Å². The summed E-state index contributed by atoms with van der Waals surface area (Å²) in [4.78, 5) is 13.6. The van der Waals surface area contributed by atoms with E-state index in [2.05, 4.69) is 5.32 Å². The molecule has 1 fully saturated rings. The van der Waals surface area contributed by atoms with Gasteiger partial charge in [-0.15, -0.1) is 0 Å². The summed E-state index contributed by atoms with van der Waals surface area (Å²) in [5, 5.41) is 2.87. The van der Waals surface area contributed by atoms with Gasteiger partial charge in [-0.2, -0.15) is 4.31 Å². The summed E-state index contributed by atoms with van der Waals surface area (Å²) in [5.74, 6) is -0.169. The second-order valence-electron chi connectivity index (χ2n) is 6.93. The number of methoxy groups -OCH3 is 1. The van der Waals surface area contributed by atoms with Gasteiger partial charge in [0.25, 0.3) is 5.91 Å². The zero-order valence-corrected chi connectivity index (χ0v) is 17.2. The Labute approximate surface area is 170 Å². The Bertz CT molecular complexity index is 975. The molecular formula is C20H25FN3O4S+. The van der Waals surface area contributed by atoms with E-state index in [1.165, 1.54) is 29.6 Å². The molecule has 1 aliphatic rings. The lowest BCUT2D eigenvalue weighted by Gasteiger charge is -2.34. The van der Waals surface area contributed by atoms with Gasteiger partial charge in [0.05, 0.1) is 43.9 Å². The van der Waals surface area contributed by atoms with E-state index in [1.807, 2.05) is 19.1 Å². The Morgan fingerprint density at radius 3 is 2.52 bits per heavy atom. The molecule has 29 heavy (non-hydrogen) atoms. The molecule has 1 saturated heterocycles. The second-order valence-corrected chi connectivity index (χ2v) is 8.87. The quantitative estimate of drug-likeness (QED) is 0.720. The molecule has 0 aliphatic carbocycles. The number of ether oxygens (including phenoxy) is 1. The minimum atomic E-state index is -3.75. The molecule has 156 valence electrons. The lowest BCUT2D eigenvalue weighted by atomic mass is 10.2. The highest BCUT2D eigenvalue weighted by Gasteiger charge is 2.34. The number of para-hydroxylation sites is 2. The smallest absolute Gasteiger partial charge is 0.282 e. The minimum absolute atomic E-state index is 0.0529. The van der Waals surface area contributed by atoms with Crippen molar-refractivity contribution in [3.05, 3.63) is 54.3 Å². The number of rotatable bonds is 6. The Balaban J connectivity index is 1.62. The zero-order chi connectivity index (χ0) is 21.0. The largest absolute Gasteiger partial charge is 0.495 e. The average molecular weight is 423 g/mol. The number of quaternary nitrogens is 1. The first-order chi connectivity index (χ1) is 13.8. The molecule has 2 aromatic carbocycles. The van der Waals surface area contributed by atoms with Crippen molar-refractivity contribution in [2.24, 2.45) is 0 Å². The highest BCUT2D eigenvalue weighted by atomic mass is 32.2. The number of carbonyl (C=O) groups is 1. The summed E-state index contributed by atoms with van der Waals surface area (Å²) in [6.45, 7) is 3.31. The van der Waals surface area contributed by atoms with E-state index in [0.717, 1.165) is 11.0 Å². The number of piperazine rings is 1. The molecule has 2 aromatic rings. The number of carbonyl (C=O) groups excluding carboxylic acids is 1. The zero-order valence-electron chi connectivity index (χ0n) is 16.4. The van der Waals surface area contributed by atoms with Crippen LogP contribution in [0.5, 0.6) is 5.75 Å². The van der Waals surface area contributed by atoms with E-state index in [9.17, 15) is 17.6 Å². The van der Waals surface area contributed by atoms with Crippen molar-refractivity contribution in [2.75, 3.05) is 38.6 Å². The van der Waals surface area contributed by atoms with Crippen molar-refractivity contribution in [3.63, 3.8) is 0 Å². The van der Waals surface area contributed by atoms with Crippen LogP contribution < -0.4 is 15.0 Å². The van der Waals surface area contributed by atoms with Crippen molar-refractivity contribution in [1.82, 2.24) is 4.31 Å². The third kappa shape index (κ3) is 4.75. The lowest BCUT2D eigenvalue weighted by molar-refractivity contribution is -0.917. The fourth-order valence-electron chi connectivity index (χ4n) is 3.40. The predicted octanol–water partition coefficient (Wildman–Crippen LogP) is 0.751. The first-order valence-electron chi connectivity index (χ1n) is 9.37. The van der Waals surface area contributed by atoms with Gasteiger partial charge in [-0.05, 0) is 37.3 Å². The van der Waals surface area contributed by atoms with Gasteiger partial charge >= 0.3 is 0 Å². The molecule has 1 amide bonds. The number of nitrogens with one attached hydrogen (secondary N) is 2. The predicted molar refractivity (Wildman–Crippen MR) is 107 cm³/mol. The van der Waals surface area contributed by atoms with Gasteiger partial charge in [-0.3, -0.25) is 4.79 Å². The SMILES string of the molecule is COc1ccccc1NC(=O)[C@@H](C)[NH+]1CCN(S(=O)(=O)c2cccc(F)c2)CC1. The van der Waals surface area contributed by atoms with Crippen LogP contribution in [0.2, 0.25) is 0 Å². The van der Waals surface area contributed by atoms with Crippen molar-refractivity contribution in [1.29, 1.82) is 0 Å². The molecule has 1 aliphatic heterocycles. The first-order valence-corrected chi connectivity index (χ1v) is 10.8. The number of halogens is 1. The molecule has 0 unspecified atom stereocenters. The summed E-state index contributed by atoms with van der Waals surface area (Å²) in [5.41, 5.74) is 0.596. The Morgan fingerprint density at radius 2 is 1.86 bits per heavy atom.